The van der Waals surface area contributed by atoms with Gasteiger partial charge in [-0.25, -0.2) is 4.39 Å². The first-order chi connectivity index (χ1) is 13.9. The molecule has 0 unspecified atom stereocenters. The maximum Gasteiger partial charge on any atom is 0.136 e. The lowest BCUT2D eigenvalue weighted by atomic mass is 9.83. The van der Waals surface area contributed by atoms with E-state index in [1.807, 2.05) is 24.3 Å². The van der Waals surface area contributed by atoms with E-state index in [2.05, 4.69) is 50.4 Å². The fourth-order valence-corrected chi connectivity index (χ4v) is 4.35. The van der Waals surface area contributed by atoms with Gasteiger partial charge in [0.25, 0.3) is 0 Å². The Balaban J connectivity index is 1.78. The van der Waals surface area contributed by atoms with Crippen LogP contribution in [0.1, 0.15) is 37.5 Å². The fraction of sp³-hybridized carbons (Fsp3) is 0.154. The summed E-state index contributed by atoms with van der Waals surface area (Å²) in [6.45, 7) is 6.48. The van der Waals surface area contributed by atoms with E-state index in [-0.39, 0.29) is 11.4 Å². The molecule has 1 N–H and O–H groups in total. The molecule has 0 saturated carbocycles. The second-order valence-corrected chi connectivity index (χ2v) is 8.24. The van der Waals surface area contributed by atoms with Crippen molar-refractivity contribution in [3.63, 3.8) is 0 Å². The molecule has 0 aliphatic carbocycles. The van der Waals surface area contributed by atoms with Gasteiger partial charge in [0.1, 0.15) is 17.3 Å². The highest BCUT2D eigenvalue weighted by atomic mass is 19.1. The Labute approximate surface area is 170 Å². The van der Waals surface area contributed by atoms with E-state index in [0.717, 1.165) is 45.0 Å². The van der Waals surface area contributed by atoms with Crippen molar-refractivity contribution in [2.45, 2.75) is 26.3 Å². The molecule has 2 aliphatic heterocycles. The van der Waals surface area contributed by atoms with E-state index in [9.17, 15) is 4.39 Å². The minimum atomic E-state index is -0.245. The van der Waals surface area contributed by atoms with Gasteiger partial charge in [-0.1, -0.05) is 42.5 Å². The van der Waals surface area contributed by atoms with Crippen LogP contribution in [0.4, 0.5) is 10.1 Å². The van der Waals surface area contributed by atoms with Crippen molar-refractivity contribution in [3.8, 4) is 16.9 Å². The van der Waals surface area contributed by atoms with Gasteiger partial charge in [-0.2, -0.15) is 0 Å². The minimum absolute atomic E-state index is 0.112. The third-order valence-corrected chi connectivity index (χ3v) is 5.45. The number of halogens is 1. The Morgan fingerprint density at radius 2 is 1.66 bits per heavy atom. The molecular formula is C26H22FNO. The van der Waals surface area contributed by atoms with Gasteiger partial charge in [0, 0.05) is 22.4 Å². The maximum atomic E-state index is 13.4. The van der Waals surface area contributed by atoms with Crippen molar-refractivity contribution in [3.05, 3.63) is 89.2 Å². The molecule has 2 heterocycles. The third-order valence-electron chi connectivity index (χ3n) is 5.45. The van der Waals surface area contributed by atoms with Gasteiger partial charge in [-0.15, -0.1) is 0 Å². The molecule has 0 aromatic heterocycles. The monoisotopic (exact) mass is 383 g/mol. The van der Waals surface area contributed by atoms with Crippen molar-refractivity contribution in [2.75, 3.05) is 5.32 Å². The first-order valence-electron chi connectivity index (χ1n) is 9.81. The van der Waals surface area contributed by atoms with E-state index < -0.39 is 0 Å². The molecule has 0 amide bonds. The van der Waals surface area contributed by atoms with Crippen molar-refractivity contribution < 1.29 is 9.13 Å². The molecule has 5 rings (SSSR count). The van der Waals surface area contributed by atoms with Gasteiger partial charge in [0.2, 0.25) is 0 Å². The molecule has 144 valence electrons. The van der Waals surface area contributed by atoms with Crippen molar-refractivity contribution >= 4 is 23.1 Å². The molecule has 29 heavy (non-hydrogen) atoms. The number of hydrogen-bond donors (Lipinski definition) is 1. The smallest absolute Gasteiger partial charge is 0.136 e. The normalized spacial score (nSPS) is 17.4. The van der Waals surface area contributed by atoms with Crippen molar-refractivity contribution in [2.24, 2.45) is 0 Å². The predicted octanol–water partition coefficient (Wildman–Crippen LogP) is 6.99. The molecule has 2 nitrogen and oxygen atoms in total. The zero-order valence-corrected chi connectivity index (χ0v) is 16.7. The summed E-state index contributed by atoms with van der Waals surface area (Å²) < 4.78 is 19.8. The second kappa shape index (κ2) is 6.35. The van der Waals surface area contributed by atoms with Crippen LogP contribution in [-0.4, -0.2) is 5.54 Å². The number of para-hydroxylation sites is 1. The lowest BCUT2D eigenvalue weighted by Gasteiger charge is -2.35. The molecule has 0 radical (unpaired) electrons. The number of anilines is 1. The standard InChI is InChI=1S/C26H22FNO/c1-16-15-26(2,3)28-21-13-12-20-19-6-4-5-7-22(19)29-23(25(20)24(16)21)14-17-8-10-18(27)11-9-17/h4-15,28H,1-3H3/b23-14-. The molecule has 0 bridgehead atoms. The lowest BCUT2D eigenvalue weighted by Crippen LogP contribution is -2.32. The van der Waals surface area contributed by atoms with Gasteiger partial charge in [0.15, 0.2) is 0 Å². The Morgan fingerprint density at radius 1 is 0.897 bits per heavy atom. The number of hydrogen-bond acceptors (Lipinski definition) is 2. The van der Waals surface area contributed by atoms with Crippen LogP contribution in [0, 0.1) is 5.82 Å². The Bertz CT molecular complexity index is 1190. The summed E-state index contributed by atoms with van der Waals surface area (Å²) in [7, 11) is 0. The average Bonchev–Trinajstić information content (AvgIpc) is 2.68. The number of fused-ring (bicyclic) bond motifs is 5. The summed E-state index contributed by atoms with van der Waals surface area (Å²) in [4.78, 5) is 0. The first kappa shape index (κ1) is 17.7. The second-order valence-electron chi connectivity index (χ2n) is 8.24. The van der Waals surface area contributed by atoms with Crippen LogP contribution >= 0.6 is 0 Å². The van der Waals surface area contributed by atoms with Gasteiger partial charge in [0.05, 0.1) is 5.54 Å². The van der Waals surface area contributed by atoms with Crippen LogP contribution in [0.2, 0.25) is 0 Å². The molecular weight excluding hydrogens is 361 g/mol. The molecule has 0 saturated heterocycles. The Kier molecular flexibility index (Phi) is 3.88. The van der Waals surface area contributed by atoms with Gasteiger partial charge in [-0.3, -0.25) is 0 Å². The SMILES string of the molecule is CC1=CC(C)(C)Nc2ccc3c(c21)/C(=C/c1ccc(F)cc1)Oc1ccccc1-3. The predicted molar refractivity (Wildman–Crippen MR) is 118 cm³/mol. The Hall–Kier alpha value is -3.33. The zero-order chi connectivity index (χ0) is 20.2. The summed E-state index contributed by atoms with van der Waals surface area (Å²) >= 11 is 0. The highest BCUT2D eigenvalue weighted by Gasteiger charge is 2.30. The van der Waals surface area contributed by atoms with Crippen LogP contribution in [0.3, 0.4) is 0 Å². The molecule has 3 heteroatoms. The third kappa shape index (κ3) is 3.03. The van der Waals surface area contributed by atoms with E-state index >= 15 is 0 Å². The summed E-state index contributed by atoms with van der Waals surface area (Å²) in [5, 5.41) is 3.62. The number of benzene rings is 3. The molecule has 0 spiro atoms. The number of rotatable bonds is 1. The largest absolute Gasteiger partial charge is 0.456 e. The average molecular weight is 383 g/mol. The molecule has 0 atom stereocenters. The number of nitrogens with one attached hydrogen (secondary N) is 1. The van der Waals surface area contributed by atoms with Crippen molar-refractivity contribution in [1.82, 2.24) is 0 Å². The van der Waals surface area contributed by atoms with E-state index in [1.165, 1.54) is 17.7 Å². The summed E-state index contributed by atoms with van der Waals surface area (Å²) in [6, 6.07) is 18.9. The quantitative estimate of drug-likeness (QED) is 0.489. The maximum absolute atomic E-state index is 13.4. The lowest BCUT2D eigenvalue weighted by molar-refractivity contribution is 0.514. The first-order valence-corrected chi connectivity index (χ1v) is 9.81. The zero-order valence-electron chi connectivity index (χ0n) is 16.7. The summed E-state index contributed by atoms with van der Waals surface area (Å²) in [5.74, 6) is 1.36. The van der Waals surface area contributed by atoms with Crippen molar-refractivity contribution in [1.29, 1.82) is 0 Å². The Morgan fingerprint density at radius 3 is 2.45 bits per heavy atom. The highest BCUT2D eigenvalue weighted by molar-refractivity contribution is 6.00. The van der Waals surface area contributed by atoms with Crippen LogP contribution < -0.4 is 10.1 Å². The number of ether oxygens (including phenoxy) is 1. The van der Waals surface area contributed by atoms with Crippen LogP contribution in [-0.2, 0) is 0 Å². The summed E-state index contributed by atoms with van der Waals surface area (Å²) in [6.07, 6.45) is 4.24. The van der Waals surface area contributed by atoms with Gasteiger partial charge < -0.3 is 10.1 Å². The van der Waals surface area contributed by atoms with E-state index in [4.69, 9.17) is 4.74 Å². The van der Waals surface area contributed by atoms with E-state index in [1.54, 1.807) is 12.1 Å². The fourth-order valence-electron chi connectivity index (χ4n) is 4.35. The number of allylic oxidation sites excluding steroid dienone is 1. The van der Waals surface area contributed by atoms with E-state index in [0.29, 0.717) is 0 Å². The molecule has 3 aromatic rings. The minimum Gasteiger partial charge on any atom is -0.456 e. The molecule has 0 fully saturated rings. The van der Waals surface area contributed by atoms with Gasteiger partial charge in [-0.05, 0) is 67.8 Å². The van der Waals surface area contributed by atoms with Crippen LogP contribution in [0.5, 0.6) is 5.75 Å². The molecule has 3 aromatic carbocycles. The topological polar surface area (TPSA) is 21.3 Å². The molecule has 2 aliphatic rings. The van der Waals surface area contributed by atoms with Crippen LogP contribution in [0.25, 0.3) is 28.5 Å². The van der Waals surface area contributed by atoms with Crippen LogP contribution in [0.15, 0.2) is 66.7 Å². The van der Waals surface area contributed by atoms with Gasteiger partial charge >= 0.3 is 0 Å². The summed E-state index contributed by atoms with van der Waals surface area (Å²) in [5.41, 5.74) is 7.56. The highest BCUT2D eigenvalue weighted by Crippen LogP contribution is 2.49.